The minimum absolute atomic E-state index is 0.292. The maximum atomic E-state index is 8.44. The van der Waals surface area contributed by atoms with Gasteiger partial charge in [0, 0.05) is 0 Å². The first-order chi connectivity index (χ1) is 6.60. The first kappa shape index (κ1) is 13.3. The number of thioether (sulfide) groups is 1. The molecule has 0 aromatic heterocycles. The van der Waals surface area contributed by atoms with Crippen LogP contribution in [0.4, 0.5) is 0 Å². The number of nitriles is 1. The van der Waals surface area contributed by atoms with E-state index in [4.69, 9.17) is 5.26 Å². The second kappa shape index (κ2) is 7.69. The minimum atomic E-state index is 0.292. The van der Waals surface area contributed by atoms with E-state index in [1.807, 2.05) is 12.4 Å². The first-order valence-corrected chi connectivity index (χ1v) is 6.09. The molecule has 3 nitrogen and oxygen atoms in total. The Morgan fingerprint density at radius 1 is 1.43 bits per heavy atom. The molecule has 0 fully saturated rings. The Bertz CT molecular complexity index is 218. The van der Waals surface area contributed by atoms with Crippen LogP contribution >= 0.6 is 11.8 Å². The highest BCUT2D eigenvalue weighted by molar-refractivity contribution is 8.13. The van der Waals surface area contributed by atoms with E-state index in [0.717, 1.165) is 6.42 Å². The zero-order valence-corrected chi connectivity index (χ0v) is 10.2. The summed E-state index contributed by atoms with van der Waals surface area (Å²) in [6.45, 7) is 6.50. The molecule has 0 aromatic carbocycles. The second-order valence-electron chi connectivity index (χ2n) is 3.70. The van der Waals surface area contributed by atoms with Crippen molar-refractivity contribution in [2.24, 2.45) is 10.9 Å². The molecule has 0 saturated heterocycles. The fourth-order valence-corrected chi connectivity index (χ4v) is 1.46. The molecule has 0 saturated carbocycles. The van der Waals surface area contributed by atoms with Crippen molar-refractivity contribution < 1.29 is 0 Å². The second-order valence-corrected chi connectivity index (χ2v) is 4.49. The Morgan fingerprint density at radius 3 is 2.50 bits per heavy atom. The van der Waals surface area contributed by atoms with E-state index < -0.39 is 0 Å². The number of rotatable bonds is 4. The largest absolute Gasteiger partial charge is 0.272 e. The SMILES string of the molecule is CSC(=NC(C)CCC(C)C)NC#N. The third kappa shape index (κ3) is 6.79. The summed E-state index contributed by atoms with van der Waals surface area (Å²) >= 11 is 1.47. The zero-order chi connectivity index (χ0) is 11.0. The first-order valence-electron chi connectivity index (χ1n) is 4.87. The molecule has 1 atom stereocenters. The van der Waals surface area contributed by atoms with Gasteiger partial charge in [0.2, 0.25) is 0 Å². The molecule has 0 spiro atoms. The summed E-state index contributed by atoms with van der Waals surface area (Å²) in [6.07, 6.45) is 6.06. The number of nitrogens with zero attached hydrogens (tertiary/aromatic N) is 2. The Morgan fingerprint density at radius 2 is 2.07 bits per heavy atom. The molecule has 0 aliphatic rings. The van der Waals surface area contributed by atoms with Crippen LogP contribution in [-0.4, -0.2) is 17.5 Å². The van der Waals surface area contributed by atoms with Crippen LogP contribution in [0.1, 0.15) is 33.6 Å². The summed E-state index contributed by atoms with van der Waals surface area (Å²) in [5.41, 5.74) is 0. The van der Waals surface area contributed by atoms with Crippen molar-refractivity contribution in [2.75, 3.05) is 6.26 Å². The molecule has 14 heavy (non-hydrogen) atoms. The summed E-state index contributed by atoms with van der Waals surface area (Å²) in [6, 6.07) is 0.292. The van der Waals surface area contributed by atoms with Crippen molar-refractivity contribution in [1.29, 1.82) is 5.26 Å². The van der Waals surface area contributed by atoms with Crippen LogP contribution < -0.4 is 5.32 Å². The number of amidine groups is 1. The predicted molar refractivity (Wildman–Crippen MR) is 63.2 cm³/mol. The topological polar surface area (TPSA) is 48.2 Å². The normalized spacial score (nSPS) is 13.9. The van der Waals surface area contributed by atoms with Crippen LogP contribution in [0.25, 0.3) is 0 Å². The van der Waals surface area contributed by atoms with Gasteiger partial charge in [0.15, 0.2) is 11.4 Å². The lowest BCUT2D eigenvalue weighted by Crippen LogP contribution is -2.16. The van der Waals surface area contributed by atoms with Crippen LogP contribution in [0, 0.1) is 17.4 Å². The molecule has 0 bridgehead atoms. The van der Waals surface area contributed by atoms with Gasteiger partial charge in [-0.25, -0.2) is 0 Å². The minimum Gasteiger partial charge on any atom is -0.272 e. The summed E-state index contributed by atoms with van der Waals surface area (Å²) in [4.78, 5) is 4.40. The highest BCUT2D eigenvalue weighted by atomic mass is 32.2. The van der Waals surface area contributed by atoms with Gasteiger partial charge in [0.1, 0.15) is 0 Å². The van der Waals surface area contributed by atoms with Crippen molar-refractivity contribution in [3.05, 3.63) is 0 Å². The molecule has 4 heteroatoms. The van der Waals surface area contributed by atoms with Gasteiger partial charge in [0.25, 0.3) is 0 Å². The van der Waals surface area contributed by atoms with Gasteiger partial charge in [-0.05, 0) is 31.9 Å². The monoisotopic (exact) mass is 213 g/mol. The van der Waals surface area contributed by atoms with Crippen molar-refractivity contribution in [3.8, 4) is 6.19 Å². The van der Waals surface area contributed by atoms with E-state index >= 15 is 0 Å². The molecule has 0 aliphatic heterocycles. The molecular weight excluding hydrogens is 194 g/mol. The molecule has 0 amide bonds. The van der Waals surface area contributed by atoms with Gasteiger partial charge < -0.3 is 0 Å². The van der Waals surface area contributed by atoms with E-state index in [1.165, 1.54) is 18.2 Å². The van der Waals surface area contributed by atoms with Crippen LogP contribution in [0.5, 0.6) is 0 Å². The Kier molecular flexibility index (Phi) is 7.31. The van der Waals surface area contributed by atoms with Crippen LogP contribution in [0.3, 0.4) is 0 Å². The molecule has 1 unspecified atom stereocenters. The standard InChI is InChI=1S/C10H19N3S/c1-8(2)5-6-9(3)13-10(14-4)12-7-11/h8-9H,5-6H2,1-4H3,(H,12,13). The van der Waals surface area contributed by atoms with Gasteiger partial charge in [-0.3, -0.25) is 10.3 Å². The lowest BCUT2D eigenvalue weighted by Gasteiger charge is -2.09. The summed E-state index contributed by atoms with van der Waals surface area (Å²) in [5.74, 6) is 0.717. The van der Waals surface area contributed by atoms with E-state index in [0.29, 0.717) is 17.1 Å². The maximum absolute atomic E-state index is 8.44. The molecule has 0 aliphatic carbocycles. The average molecular weight is 213 g/mol. The highest BCUT2D eigenvalue weighted by Gasteiger charge is 2.03. The van der Waals surface area contributed by atoms with Crippen LogP contribution in [-0.2, 0) is 0 Å². The number of hydrogen-bond donors (Lipinski definition) is 1. The third-order valence-electron chi connectivity index (χ3n) is 1.86. The van der Waals surface area contributed by atoms with E-state index in [-0.39, 0.29) is 0 Å². The Balaban J connectivity index is 3.98. The molecule has 0 rings (SSSR count). The molecule has 80 valence electrons. The fraction of sp³-hybridized carbons (Fsp3) is 0.800. The summed E-state index contributed by atoms with van der Waals surface area (Å²) in [7, 11) is 0. The van der Waals surface area contributed by atoms with Gasteiger partial charge in [-0.1, -0.05) is 25.6 Å². The van der Waals surface area contributed by atoms with Gasteiger partial charge in [-0.15, -0.1) is 0 Å². The molecule has 0 heterocycles. The van der Waals surface area contributed by atoms with E-state index in [2.05, 4.69) is 31.1 Å². The van der Waals surface area contributed by atoms with E-state index in [1.54, 1.807) is 0 Å². The Labute approximate surface area is 91.0 Å². The number of aliphatic imine (C=N–C) groups is 1. The van der Waals surface area contributed by atoms with Crippen LogP contribution in [0.15, 0.2) is 4.99 Å². The molecule has 0 radical (unpaired) electrons. The van der Waals surface area contributed by atoms with Gasteiger partial charge in [0.05, 0.1) is 6.04 Å². The highest BCUT2D eigenvalue weighted by Crippen LogP contribution is 2.10. The lowest BCUT2D eigenvalue weighted by molar-refractivity contribution is 0.515. The number of hydrogen-bond acceptors (Lipinski definition) is 3. The van der Waals surface area contributed by atoms with Crippen molar-refractivity contribution in [3.63, 3.8) is 0 Å². The number of nitrogens with one attached hydrogen (secondary N) is 1. The smallest absolute Gasteiger partial charge is 0.183 e. The molecular formula is C10H19N3S. The lowest BCUT2D eigenvalue weighted by atomic mass is 10.1. The van der Waals surface area contributed by atoms with Crippen molar-refractivity contribution in [2.45, 2.75) is 39.7 Å². The quantitative estimate of drug-likeness (QED) is 0.338. The van der Waals surface area contributed by atoms with Crippen LogP contribution in [0.2, 0.25) is 0 Å². The predicted octanol–water partition coefficient (Wildman–Crippen LogP) is 2.60. The van der Waals surface area contributed by atoms with Crippen molar-refractivity contribution >= 4 is 16.9 Å². The summed E-state index contributed by atoms with van der Waals surface area (Å²) < 4.78 is 0. The maximum Gasteiger partial charge on any atom is 0.183 e. The van der Waals surface area contributed by atoms with Gasteiger partial charge in [-0.2, -0.15) is 5.26 Å². The van der Waals surface area contributed by atoms with Gasteiger partial charge >= 0.3 is 0 Å². The molecule has 1 N–H and O–H groups in total. The fourth-order valence-electron chi connectivity index (χ4n) is 1.02. The summed E-state index contributed by atoms with van der Waals surface area (Å²) in [5, 5.41) is 11.7. The average Bonchev–Trinajstić information content (AvgIpc) is 2.14. The third-order valence-corrected chi connectivity index (χ3v) is 2.45. The molecule has 0 aromatic rings. The Hall–Kier alpha value is -0.690. The van der Waals surface area contributed by atoms with E-state index in [9.17, 15) is 0 Å². The van der Waals surface area contributed by atoms with Crippen molar-refractivity contribution in [1.82, 2.24) is 5.32 Å². The zero-order valence-electron chi connectivity index (χ0n) is 9.37.